The molecule has 0 aliphatic rings. The average molecular weight is 269 g/mol. The highest BCUT2D eigenvalue weighted by atomic mass is 16.5. The van der Waals surface area contributed by atoms with Crippen molar-refractivity contribution in [1.82, 2.24) is 0 Å². The van der Waals surface area contributed by atoms with Crippen LogP contribution in [0, 0.1) is 0 Å². The highest BCUT2D eigenvalue weighted by molar-refractivity contribution is 5.92. The lowest BCUT2D eigenvalue weighted by molar-refractivity contribution is -0.115. The monoisotopic (exact) mass is 269 g/mol. The molecule has 3 nitrogen and oxygen atoms in total. The van der Waals surface area contributed by atoms with E-state index in [1.807, 2.05) is 30.3 Å². The maximum atomic E-state index is 12.0. The molecular formula is C17H19NO2. The zero-order chi connectivity index (χ0) is 14.4. The van der Waals surface area contributed by atoms with Gasteiger partial charge in [-0.2, -0.15) is 0 Å². The summed E-state index contributed by atoms with van der Waals surface area (Å²) in [5.74, 6) is 0.706. The molecule has 3 heteroatoms. The second-order valence-corrected chi connectivity index (χ2v) is 4.63. The zero-order valence-electron chi connectivity index (χ0n) is 11.8. The number of benzene rings is 2. The second kappa shape index (κ2) is 6.75. The van der Waals surface area contributed by atoms with E-state index in [9.17, 15) is 4.79 Å². The molecule has 2 aromatic rings. The third kappa shape index (κ3) is 3.85. The van der Waals surface area contributed by atoms with Crippen molar-refractivity contribution in [2.75, 3.05) is 12.4 Å². The number of amides is 1. The highest BCUT2D eigenvalue weighted by Crippen LogP contribution is 2.17. The largest absolute Gasteiger partial charge is 0.497 e. The van der Waals surface area contributed by atoms with Gasteiger partial charge in [0.25, 0.3) is 0 Å². The molecule has 0 aliphatic heterocycles. The van der Waals surface area contributed by atoms with E-state index >= 15 is 0 Å². The minimum atomic E-state index is -0.0255. The van der Waals surface area contributed by atoms with Gasteiger partial charge in [-0.15, -0.1) is 0 Å². The van der Waals surface area contributed by atoms with E-state index in [2.05, 4.69) is 24.4 Å². The molecule has 0 saturated carbocycles. The number of rotatable bonds is 5. The molecule has 0 aromatic heterocycles. The van der Waals surface area contributed by atoms with E-state index in [0.29, 0.717) is 6.42 Å². The topological polar surface area (TPSA) is 38.3 Å². The van der Waals surface area contributed by atoms with Gasteiger partial charge in [0.1, 0.15) is 5.75 Å². The van der Waals surface area contributed by atoms with Crippen LogP contribution in [0.4, 0.5) is 5.69 Å². The molecule has 0 heterocycles. The van der Waals surface area contributed by atoms with E-state index in [-0.39, 0.29) is 5.91 Å². The van der Waals surface area contributed by atoms with Gasteiger partial charge in [0.05, 0.1) is 13.5 Å². The lowest BCUT2D eigenvalue weighted by Crippen LogP contribution is -2.14. The van der Waals surface area contributed by atoms with Crippen LogP contribution < -0.4 is 10.1 Å². The summed E-state index contributed by atoms with van der Waals surface area (Å²) in [6.45, 7) is 2.12. The molecule has 0 bridgehead atoms. The Morgan fingerprint density at radius 2 is 1.80 bits per heavy atom. The fourth-order valence-electron chi connectivity index (χ4n) is 1.98. The van der Waals surface area contributed by atoms with Crippen LogP contribution in [0.3, 0.4) is 0 Å². The van der Waals surface area contributed by atoms with Gasteiger partial charge in [-0.05, 0) is 29.7 Å². The molecular weight excluding hydrogens is 250 g/mol. The van der Waals surface area contributed by atoms with Crippen molar-refractivity contribution < 1.29 is 9.53 Å². The van der Waals surface area contributed by atoms with Gasteiger partial charge in [-0.3, -0.25) is 4.79 Å². The predicted molar refractivity (Wildman–Crippen MR) is 81.1 cm³/mol. The number of aryl methyl sites for hydroxylation is 1. The first-order chi connectivity index (χ1) is 9.71. The van der Waals surface area contributed by atoms with Crippen LogP contribution in [0.5, 0.6) is 5.75 Å². The van der Waals surface area contributed by atoms with E-state index < -0.39 is 0 Å². The first-order valence-electron chi connectivity index (χ1n) is 6.73. The Labute approximate surface area is 119 Å². The van der Waals surface area contributed by atoms with Crippen LogP contribution in [-0.4, -0.2) is 13.0 Å². The van der Waals surface area contributed by atoms with Crippen LogP contribution >= 0.6 is 0 Å². The summed E-state index contributed by atoms with van der Waals surface area (Å²) in [7, 11) is 1.61. The van der Waals surface area contributed by atoms with E-state index in [1.54, 1.807) is 13.2 Å². The fourth-order valence-corrected chi connectivity index (χ4v) is 1.98. The maximum absolute atomic E-state index is 12.0. The molecule has 0 fully saturated rings. The number of nitrogens with one attached hydrogen (secondary N) is 1. The Morgan fingerprint density at radius 1 is 1.10 bits per heavy atom. The quantitative estimate of drug-likeness (QED) is 0.903. The lowest BCUT2D eigenvalue weighted by atomic mass is 10.1. The SMILES string of the molecule is CCc1ccc(CC(=O)Nc2cccc(OC)c2)cc1. The van der Waals surface area contributed by atoms with Crippen molar-refractivity contribution in [3.8, 4) is 5.75 Å². The first-order valence-corrected chi connectivity index (χ1v) is 6.73. The zero-order valence-corrected chi connectivity index (χ0v) is 11.8. The molecule has 1 N–H and O–H groups in total. The number of methoxy groups -OCH3 is 1. The minimum absolute atomic E-state index is 0.0255. The van der Waals surface area contributed by atoms with Gasteiger partial charge in [-0.1, -0.05) is 37.3 Å². The highest BCUT2D eigenvalue weighted by Gasteiger charge is 2.05. The lowest BCUT2D eigenvalue weighted by Gasteiger charge is -2.07. The number of hydrogen-bond donors (Lipinski definition) is 1. The van der Waals surface area contributed by atoms with Crippen LogP contribution in [0.2, 0.25) is 0 Å². The van der Waals surface area contributed by atoms with E-state index in [4.69, 9.17) is 4.74 Å². The standard InChI is InChI=1S/C17H19NO2/c1-3-13-7-9-14(10-8-13)11-17(19)18-15-5-4-6-16(12-15)20-2/h4-10,12H,3,11H2,1-2H3,(H,18,19). The van der Waals surface area contributed by atoms with Crippen molar-refractivity contribution >= 4 is 11.6 Å². The van der Waals surface area contributed by atoms with Gasteiger partial charge in [0, 0.05) is 11.8 Å². The summed E-state index contributed by atoms with van der Waals surface area (Å²) in [6, 6.07) is 15.5. The van der Waals surface area contributed by atoms with E-state index in [1.165, 1.54) is 5.56 Å². The third-order valence-corrected chi connectivity index (χ3v) is 3.15. The predicted octanol–water partition coefficient (Wildman–Crippen LogP) is 3.44. The number of hydrogen-bond acceptors (Lipinski definition) is 2. The number of ether oxygens (including phenoxy) is 1. The van der Waals surface area contributed by atoms with Gasteiger partial charge < -0.3 is 10.1 Å². The van der Waals surface area contributed by atoms with Crippen LogP contribution in [0.1, 0.15) is 18.1 Å². The molecule has 0 unspecified atom stereocenters. The molecule has 104 valence electrons. The van der Waals surface area contributed by atoms with Crippen LogP contribution in [-0.2, 0) is 17.6 Å². The van der Waals surface area contributed by atoms with Crippen LogP contribution in [0.25, 0.3) is 0 Å². The molecule has 0 radical (unpaired) electrons. The minimum Gasteiger partial charge on any atom is -0.497 e. The van der Waals surface area contributed by atoms with Gasteiger partial charge >= 0.3 is 0 Å². The average Bonchev–Trinajstić information content (AvgIpc) is 2.48. The Hall–Kier alpha value is -2.29. The fraction of sp³-hybridized carbons (Fsp3) is 0.235. The smallest absolute Gasteiger partial charge is 0.228 e. The van der Waals surface area contributed by atoms with Gasteiger partial charge in [0.2, 0.25) is 5.91 Å². The molecule has 2 aromatic carbocycles. The van der Waals surface area contributed by atoms with Crippen molar-refractivity contribution in [1.29, 1.82) is 0 Å². The van der Waals surface area contributed by atoms with Crippen molar-refractivity contribution in [3.63, 3.8) is 0 Å². The Morgan fingerprint density at radius 3 is 2.45 bits per heavy atom. The molecule has 0 spiro atoms. The molecule has 0 saturated heterocycles. The summed E-state index contributed by atoms with van der Waals surface area (Å²) >= 11 is 0. The van der Waals surface area contributed by atoms with Crippen molar-refractivity contribution in [2.24, 2.45) is 0 Å². The van der Waals surface area contributed by atoms with Crippen molar-refractivity contribution in [3.05, 3.63) is 59.7 Å². The summed E-state index contributed by atoms with van der Waals surface area (Å²) in [5, 5.41) is 2.87. The van der Waals surface area contributed by atoms with E-state index in [0.717, 1.165) is 23.4 Å². The molecule has 0 atom stereocenters. The Kier molecular flexibility index (Phi) is 4.77. The number of carbonyl (C=O) groups excluding carboxylic acids is 1. The normalized spacial score (nSPS) is 10.1. The number of anilines is 1. The third-order valence-electron chi connectivity index (χ3n) is 3.15. The van der Waals surface area contributed by atoms with Gasteiger partial charge in [-0.25, -0.2) is 0 Å². The van der Waals surface area contributed by atoms with Crippen LogP contribution in [0.15, 0.2) is 48.5 Å². The first kappa shape index (κ1) is 14.1. The summed E-state index contributed by atoms with van der Waals surface area (Å²) in [5.41, 5.74) is 3.05. The second-order valence-electron chi connectivity index (χ2n) is 4.63. The summed E-state index contributed by atoms with van der Waals surface area (Å²) in [6.07, 6.45) is 1.39. The molecule has 1 amide bonds. The Balaban J connectivity index is 1.97. The molecule has 20 heavy (non-hydrogen) atoms. The van der Waals surface area contributed by atoms with Gasteiger partial charge in [0.15, 0.2) is 0 Å². The van der Waals surface area contributed by atoms with Crippen molar-refractivity contribution in [2.45, 2.75) is 19.8 Å². The summed E-state index contributed by atoms with van der Waals surface area (Å²) < 4.78 is 5.13. The maximum Gasteiger partial charge on any atom is 0.228 e. The Bertz CT molecular complexity index is 576. The number of carbonyl (C=O) groups is 1. The molecule has 2 rings (SSSR count). The summed E-state index contributed by atoms with van der Waals surface area (Å²) in [4.78, 5) is 12.0. The molecule has 0 aliphatic carbocycles.